The van der Waals surface area contributed by atoms with Gasteiger partial charge in [0, 0.05) is 18.5 Å². The van der Waals surface area contributed by atoms with E-state index < -0.39 is 0 Å². The standard InChI is InChI=1S/C8H18N2O/c1-7(10(2)3)8-4-9-6-11-5-8/h7-9H,4-6H2,1-3H3. The van der Waals surface area contributed by atoms with Gasteiger partial charge < -0.3 is 9.64 Å². The zero-order chi connectivity index (χ0) is 8.27. The van der Waals surface area contributed by atoms with Gasteiger partial charge in [0.15, 0.2) is 0 Å². The summed E-state index contributed by atoms with van der Waals surface area (Å²) >= 11 is 0. The highest BCUT2D eigenvalue weighted by Crippen LogP contribution is 2.10. The predicted molar refractivity (Wildman–Crippen MR) is 45.5 cm³/mol. The summed E-state index contributed by atoms with van der Waals surface area (Å²) in [6, 6.07) is 0.600. The molecule has 1 aliphatic rings. The third-order valence-electron chi connectivity index (χ3n) is 2.44. The van der Waals surface area contributed by atoms with Gasteiger partial charge in [-0.1, -0.05) is 0 Å². The van der Waals surface area contributed by atoms with Gasteiger partial charge in [-0.15, -0.1) is 0 Å². The van der Waals surface area contributed by atoms with Gasteiger partial charge in [0.05, 0.1) is 13.3 Å². The van der Waals surface area contributed by atoms with Crippen LogP contribution in [0.1, 0.15) is 6.92 Å². The molecule has 1 fully saturated rings. The molecule has 0 aromatic carbocycles. The highest BCUT2D eigenvalue weighted by Gasteiger charge is 2.21. The highest BCUT2D eigenvalue weighted by atomic mass is 16.5. The van der Waals surface area contributed by atoms with Crippen molar-refractivity contribution in [3.05, 3.63) is 0 Å². The number of hydrogen-bond donors (Lipinski definition) is 1. The summed E-state index contributed by atoms with van der Waals surface area (Å²) in [5.41, 5.74) is 0. The first-order valence-electron chi connectivity index (χ1n) is 4.16. The summed E-state index contributed by atoms with van der Waals surface area (Å²) < 4.78 is 5.32. The molecule has 1 heterocycles. The van der Waals surface area contributed by atoms with Crippen LogP contribution in [-0.4, -0.2) is 44.9 Å². The zero-order valence-corrected chi connectivity index (χ0v) is 7.63. The van der Waals surface area contributed by atoms with E-state index in [2.05, 4.69) is 31.2 Å². The molecule has 3 heteroatoms. The molecule has 0 bridgehead atoms. The average Bonchev–Trinajstić information content (AvgIpc) is 2.05. The molecule has 11 heavy (non-hydrogen) atoms. The molecule has 0 saturated carbocycles. The molecule has 66 valence electrons. The second kappa shape index (κ2) is 4.04. The van der Waals surface area contributed by atoms with Gasteiger partial charge >= 0.3 is 0 Å². The zero-order valence-electron chi connectivity index (χ0n) is 7.63. The average molecular weight is 158 g/mol. The van der Waals surface area contributed by atoms with Gasteiger partial charge in [-0.25, -0.2) is 0 Å². The fourth-order valence-corrected chi connectivity index (χ4v) is 1.32. The normalized spacial score (nSPS) is 28.9. The van der Waals surface area contributed by atoms with Crippen molar-refractivity contribution in [1.82, 2.24) is 10.2 Å². The van der Waals surface area contributed by atoms with Crippen molar-refractivity contribution in [3.8, 4) is 0 Å². The number of ether oxygens (including phenoxy) is 1. The van der Waals surface area contributed by atoms with Gasteiger partial charge in [-0.3, -0.25) is 5.32 Å². The summed E-state index contributed by atoms with van der Waals surface area (Å²) in [5, 5.41) is 3.22. The Bertz CT molecular complexity index is 111. The van der Waals surface area contributed by atoms with Crippen LogP contribution in [0.2, 0.25) is 0 Å². The molecule has 0 amide bonds. The molecule has 3 nitrogen and oxygen atoms in total. The van der Waals surface area contributed by atoms with Gasteiger partial charge in [-0.05, 0) is 21.0 Å². The Morgan fingerprint density at radius 1 is 1.55 bits per heavy atom. The quantitative estimate of drug-likeness (QED) is 0.618. The van der Waals surface area contributed by atoms with Crippen LogP contribution in [0, 0.1) is 5.92 Å². The SMILES string of the molecule is CC(C1CNCOC1)N(C)C. The molecule has 0 aromatic heterocycles. The fourth-order valence-electron chi connectivity index (χ4n) is 1.32. The molecule has 2 unspecified atom stereocenters. The molecule has 0 spiro atoms. The van der Waals surface area contributed by atoms with Crippen molar-refractivity contribution in [2.45, 2.75) is 13.0 Å². The third-order valence-corrected chi connectivity index (χ3v) is 2.44. The summed E-state index contributed by atoms with van der Waals surface area (Å²) in [4.78, 5) is 2.24. The maximum absolute atomic E-state index is 5.32. The van der Waals surface area contributed by atoms with Gasteiger partial charge in [0.1, 0.15) is 0 Å². The van der Waals surface area contributed by atoms with Crippen LogP contribution in [0.5, 0.6) is 0 Å². The molecule has 1 aliphatic heterocycles. The first-order valence-corrected chi connectivity index (χ1v) is 4.16. The van der Waals surface area contributed by atoms with Gasteiger partial charge in [0.25, 0.3) is 0 Å². The molecule has 1 saturated heterocycles. The van der Waals surface area contributed by atoms with Gasteiger partial charge in [-0.2, -0.15) is 0 Å². The minimum absolute atomic E-state index is 0.600. The van der Waals surface area contributed by atoms with E-state index in [0.29, 0.717) is 12.0 Å². The molecule has 0 aromatic rings. The first kappa shape index (κ1) is 8.97. The van der Waals surface area contributed by atoms with Crippen LogP contribution in [0.25, 0.3) is 0 Å². The van der Waals surface area contributed by atoms with E-state index in [1.807, 2.05) is 0 Å². The number of nitrogens with zero attached hydrogens (tertiary/aromatic N) is 1. The molecule has 0 radical (unpaired) electrons. The summed E-state index contributed by atoms with van der Waals surface area (Å²) in [6.07, 6.45) is 0. The summed E-state index contributed by atoms with van der Waals surface area (Å²) in [5.74, 6) is 0.638. The lowest BCUT2D eigenvalue weighted by Crippen LogP contribution is -2.45. The molecule has 1 N–H and O–H groups in total. The molecular formula is C8H18N2O. The van der Waals surface area contributed by atoms with Crippen LogP contribution in [-0.2, 0) is 4.74 Å². The first-order chi connectivity index (χ1) is 5.22. The van der Waals surface area contributed by atoms with Crippen LogP contribution in [0.15, 0.2) is 0 Å². The van der Waals surface area contributed by atoms with Crippen molar-refractivity contribution in [2.75, 3.05) is 34.0 Å². The second-order valence-electron chi connectivity index (χ2n) is 3.43. The van der Waals surface area contributed by atoms with E-state index in [0.717, 1.165) is 19.9 Å². The van der Waals surface area contributed by atoms with Gasteiger partial charge in [0.2, 0.25) is 0 Å². The smallest absolute Gasteiger partial charge is 0.0965 e. The number of hydrogen-bond acceptors (Lipinski definition) is 3. The fraction of sp³-hybridized carbons (Fsp3) is 1.00. The van der Waals surface area contributed by atoms with E-state index in [1.165, 1.54) is 0 Å². The van der Waals surface area contributed by atoms with Crippen molar-refractivity contribution in [3.63, 3.8) is 0 Å². The van der Waals surface area contributed by atoms with Crippen molar-refractivity contribution in [1.29, 1.82) is 0 Å². The largest absolute Gasteiger partial charge is 0.366 e. The topological polar surface area (TPSA) is 24.5 Å². The Labute approximate surface area is 68.7 Å². The highest BCUT2D eigenvalue weighted by molar-refractivity contribution is 4.75. The van der Waals surface area contributed by atoms with E-state index in [4.69, 9.17) is 4.74 Å². The Morgan fingerprint density at radius 2 is 2.27 bits per heavy atom. The van der Waals surface area contributed by atoms with Crippen molar-refractivity contribution < 1.29 is 4.74 Å². The number of rotatable bonds is 2. The maximum Gasteiger partial charge on any atom is 0.0965 e. The Hall–Kier alpha value is -0.120. The van der Waals surface area contributed by atoms with E-state index >= 15 is 0 Å². The Morgan fingerprint density at radius 3 is 2.73 bits per heavy atom. The third kappa shape index (κ3) is 2.43. The van der Waals surface area contributed by atoms with E-state index in [9.17, 15) is 0 Å². The van der Waals surface area contributed by atoms with Crippen molar-refractivity contribution >= 4 is 0 Å². The van der Waals surface area contributed by atoms with Crippen LogP contribution >= 0.6 is 0 Å². The van der Waals surface area contributed by atoms with Crippen LogP contribution < -0.4 is 5.32 Å². The molecular weight excluding hydrogens is 140 g/mol. The second-order valence-corrected chi connectivity index (χ2v) is 3.43. The maximum atomic E-state index is 5.32. The van der Waals surface area contributed by atoms with E-state index in [1.54, 1.807) is 0 Å². The predicted octanol–water partition coefficient (Wildman–Crippen LogP) is 0.130. The Kier molecular flexibility index (Phi) is 3.30. The number of nitrogens with one attached hydrogen (secondary N) is 1. The van der Waals surface area contributed by atoms with E-state index in [-0.39, 0.29) is 0 Å². The van der Waals surface area contributed by atoms with Crippen molar-refractivity contribution in [2.24, 2.45) is 5.92 Å². The molecule has 0 aliphatic carbocycles. The minimum atomic E-state index is 0.600. The van der Waals surface area contributed by atoms with Crippen LogP contribution in [0.4, 0.5) is 0 Å². The van der Waals surface area contributed by atoms with Crippen LogP contribution in [0.3, 0.4) is 0 Å². The molecule has 1 rings (SSSR count). The summed E-state index contributed by atoms with van der Waals surface area (Å²) in [7, 11) is 4.22. The lowest BCUT2D eigenvalue weighted by Gasteiger charge is -2.32. The summed E-state index contributed by atoms with van der Waals surface area (Å²) in [6.45, 7) is 4.93. The lowest BCUT2D eigenvalue weighted by molar-refractivity contribution is 0.0188. The minimum Gasteiger partial charge on any atom is -0.366 e. The molecule has 2 atom stereocenters. The monoisotopic (exact) mass is 158 g/mol. The Balaban J connectivity index is 2.32. The lowest BCUT2D eigenvalue weighted by atomic mass is 10.0.